The van der Waals surface area contributed by atoms with Crippen LogP contribution in [0.25, 0.3) is 5.69 Å². The molecule has 0 amide bonds. The van der Waals surface area contributed by atoms with Crippen LogP contribution in [0.2, 0.25) is 0 Å². The Labute approximate surface area is 117 Å². The zero-order valence-electron chi connectivity index (χ0n) is 11.9. The van der Waals surface area contributed by atoms with Gasteiger partial charge in [0.25, 0.3) is 5.82 Å². The number of rotatable bonds is 3. The van der Waals surface area contributed by atoms with E-state index in [1.54, 1.807) is 17.9 Å². The van der Waals surface area contributed by atoms with Crippen molar-refractivity contribution in [1.82, 2.24) is 14.8 Å². The second-order valence-corrected chi connectivity index (χ2v) is 5.43. The zero-order chi connectivity index (χ0) is 14.9. The zero-order valence-corrected chi connectivity index (χ0v) is 11.9. The summed E-state index contributed by atoms with van der Waals surface area (Å²) in [6.45, 7) is 5.87. The van der Waals surface area contributed by atoms with Crippen LogP contribution in [0.3, 0.4) is 0 Å². The van der Waals surface area contributed by atoms with Gasteiger partial charge in [0.1, 0.15) is 11.6 Å². The molecule has 0 saturated carbocycles. The van der Waals surface area contributed by atoms with Gasteiger partial charge in [0, 0.05) is 11.5 Å². The first-order valence-electron chi connectivity index (χ1n) is 6.18. The minimum Gasteiger partial charge on any atom is -0.497 e. The third kappa shape index (κ3) is 2.64. The normalized spacial score (nSPS) is 11.4. The molecule has 20 heavy (non-hydrogen) atoms. The van der Waals surface area contributed by atoms with Crippen molar-refractivity contribution in [2.45, 2.75) is 26.2 Å². The summed E-state index contributed by atoms with van der Waals surface area (Å²) in [6, 6.07) is 7.26. The highest BCUT2D eigenvalue weighted by Crippen LogP contribution is 2.25. The van der Waals surface area contributed by atoms with Gasteiger partial charge < -0.3 is 9.84 Å². The Morgan fingerprint density at radius 3 is 2.60 bits per heavy atom. The van der Waals surface area contributed by atoms with Crippen LogP contribution < -0.4 is 4.74 Å². The number of ether oxygens (including phenoxy) is 1. The van der Waals surface area contributed by atoms with Gasteiger partial charge in [0.15, 0.2) is 0 Å². The van der Waals surface area contributed by atoms with Crippen LogP contribution in [0.1, 0.15) is 37.2 Å². The molecule has 2 rings (SSSR count). The van der Waals surface area contributed by atoms with Crippen LogP contribution in [-0.4, -0.2) is 33.0 Å². The molecule has 106 valence electrons. The Kier molecular flexibility index (Phi) is 3.48. The lowest BCUT2D eigenvalue weighted by atomic mass is 9.95. The molecule has 1 aromatic heterocycles. The Hall–Kier alpha value is -2.37. The highest BCUT2D eigenvalue weighted by Gasteiger charge is 2.26. The highest BCUT2D eigenvalue weighted by molar-refractivity contribution is 5.83. The van der Waals surface area contributed by atoms with Gasteiger partial charge >= 0.3 is 5.97 Å². The molecule has 0 unspecified atom stereocenters. The Morgan fingerprint density at radius 2 is 2.05 bits per heavy atom. The summed E-state index contributed by atoms with van der Waals surface area (Å²) in [7, 11) is 1.58. The first-order valence-corrected chi connectivity index (χ1v) is 6.18. The number of benzene rings is 1. The van der Waals surface area contributed by atoms with Crippen molar-refractivity contribution in [2.75, 3.05) is 7.11 Å². The number of hydrogen-bond donors (Lipinski definition) is 1. The van der Waals surface area contributed by atoms with Crippen LogP contribution in [0.15, 0.2) is 24.3 Å². The summed E-state index contributed by atoms with van der Waals surface area (Å²) < 4.78 is 6.73. The molecular formula is C14H17N3O3. The highest BCUT2D eigenvalue weighted by atomic mass is 16.5. The molecule has 0 aliphatic rings. The molecule has 0 atom stereocenters. The van der Waals surface area contributed by atoms with E-state index in [-0.39, 0.29) is 11.2 Å². The van der Waals surface area contributed by atoms with Crippen molar-refractivity contribution in [3.05, 3.63) is 35.9 Å². The number of hydrogen-bond acceptors (Lipinski definition) is 4. The van der Waals surface area contributed by atoms with Gasteiger partial charge in [-0.25, -0.2) is 14.5 Å². The largest absolute Gasteiger partial charge is 0.497 e. The predicted molar refractivity (Wildman–Crippen MR) is 73.6 cm³/mol. The van der Waals surface area contributed by atoms with Crippen LogP contribution in [0.5, 0.6) is 5.75 Å². The molecule has 0 aliphatic heterocycles. The van der Waals surface area contributed by atoms with Crippen LogP contribution in [0.4, 0.5) is 0 Å². The van der Waals surface area contributed by atoms with E-state index in [0.717, 1.165) is 0 Å². The first kappa shape index (κ1) is 14.0. The fourth-order valence-electron chi connectivity index (χ4n) is 1.81. The summed E-state index contributed by atoms with van der Waals surface area (Å²) in [6.07, 6.45) is 0. The maximum Gasteiger partial charge on any atom is 0.375 e. The summed E-state index contributed by atoms with van der Waals surface area (Å²) >= 11 is 0. The first-order chi connectivity index (χ1) is 9.32. The molecular weight excluding hydrogens is 258 g/mol. The lowest BCUT2D eigenvalue weighted by Gasteiger charge is -2.18. The number of carboxylic acid groups (broad SMARTS) is 1. The lowest BCUT2D eigenvalue weighted by molar-refractivity contribution is 0.0683. The lowest BCUT2D eigenvalue weighted by Crippen LogP contribution is -2.18. The van der Waals surface area contributed by atoms with E-state index in [2.05, 4.69) is 10.1 Å². The van der Waals surface area contributed by atoms with E-state index in [1.165, 1.54) is 0 Å². The number of carbonyl (C=O) groups is 1. The molecule has 0 fully saturated rings. The SMILES string of the molecule is COc1cccc(-n2nc(C(=O)O)nc2C(C)(C)C)c1. The van der Waals surface area contributed by atoms with Crippen molar-refractivity contribution in [3.63, 3.8) is 0 Å². The van der Waals surface area contributed by atoms with E-state index in [1.807, 2.05) is 39.0 Å². The van der Waals surface area contributed by atoms with Crippen molar-refractivity contribution >= 4 is 5.97 Å². The number of aromatic nitrogens is 3. The van der Waals surface area contributed by atoms with Crippen molar-refractivity contribution in [2.24, 2.45) is 0 Å². The van der Waals surface area contributed by atoms with Crippen LogP contribution in [-0.2, 0) is 5.41 Å². The third-order valence-corrected chi connectivity index (χ3v) is 2.77. The smallest absolute Gasteiger partial charge is 0.375 e. The molecule has 6 heteroatoms. The quantitative estimate of drug-likeness (QED) is 0.929. The Balaban J connectivity index is 2.62. The van der Waals surface area contributed by atoms with Gasteiger partial charge in [-0.1, -0.05) is 26.8 Å². The molecule has 1 N–H and O–H groups in total. The number of nitrogens with zero attached hydrogens (tertiary/aromatic N) is 3. The third-order valence-electron chi connectivity index (χ3n) is 2.77. The average molecular weight is 275 g/mol. The van der Waals surface area contributed by atoms with Crippen LogP contribution in [0, 0.1) is 0 Å². The number of methoxy groups -OCH3 is 1. The number of aromatic carboxylic acids is 1. The standard InChI is InChI=1S/C14H17N3O3/c1-14(2,3)13-15-11(12(18)19)16-17(13)9-6-5-7-10(8-9)20-4/h5-8H,1-4H3,(H,18,19). The molecule has 0 bridgehead atoms. The fourth-order valence-corrected chi connectivity index (χ4v) is 1.81. The second-order valence-electron chi connectivity index (χ2n) is 5.43. The molecule has 1 heterocycles. The minimum absolute atomic E-state index is 0.210. The van der Waals surface area contributed by atoms with Gasteiger partial charge in [-0.05, 0) is 12.1 Å². The van der Waals surface area contributed by atoms with E-state index in [0.29, 0.717) is 17.3 Å². The second kappa shape index (κ2) is 4.96. The van der Waals surface area contributed by atoms with Gasteiger partial charge in [0.05, 0.1) is 12.8 Å². The molecule has 0 radical (unpaired) electrons. The Bertz CT molecular complexity index is 641. The van der Waals surface area contributed by atoms with Crippen molar-refractivity contribution in [3.8, 4) is 11.4 Å². The molecule has 0 spiro atoms. The maximum absolute atomic E-state index is 11.1. The molecule has 6 nitrogen and oxygen atoms in total. The number of carboxylic acids is 1. The van der Waals surface area contributed by atoms with E-state index in [4.69, 9.17) is 9.84 Å². The average Bonchev–Trinajstić information content (AvgIpc) is 2.84. The van der Waals surface area contributed by atoms with Crippen molar-refractivity contribution < 1.29 is 14.6 Å². The minimum atomic E-state index is -1.14. The van der Waals surface area contributed by atoms with Crippen LogP contribution >= 0.6 is 0 Å². The topological polar surface area (TPSA) is 77.2 Å². The summed E-state index contributed by atoms with van der Waals surface area (Å²) in [5.74, 6) is -0.0900. The van der Waals surface area contributed by atoms with E-state index >= 15 is 0 Å². The fraction of sp³-hybridized carbons (Fsp3) is 0.357. The van der Waals surface area contributed by atoms with E-state index < -0.39 is 5.97 Å². The maximum atomic E-state index is 11.1. The molecule has 2 aromatic rings. The molecule has 0 saturated heterocycles. The van der Waals surface area contributed by atoms with Crippen molar-refractivity contribution in [1.29, 1.82) is 0 Å². The van der Waals surface area contributed by atoms with E-state index in [9.17, 15) is 4.79 Å². The van der Waals surface area contributed by atoms with Gasteiger partial charge in [-0.3, -0.25) is 0 Å². The molecule has 1 aromatic carbocycles. The summed E-state index contributed by atoms with van der Waals surface area (Å²) in [5, 5.41) is 13.1. The van der Waals surface area contributed by atoms with Gasteiger partial charge in [-0.2, -0.15) is 0 Å². The summed E-state index contributed by atoms with van der Waals surface area (Å²) in [5.41, 5.74) is 0.387. The predicted octanol–water partition coefficient (Wildman–Crippen LogP) is 2.27. The van der Waals surface area contributed by atoms with Gasteiger partial charge in [0.2, 0.25) is 0 Å². The van der Waals surface area contributed by atoms with Gasteiger partial charge in [-0.15, -0.1) is 5.10 Å². The molecule has 0 aliphatic carbocycles. The summed E-state index contributed by atoms with van der Waals surface area (Å²) in [4.78, 5) is 15.2. The monoisotopic (exact) mass is 275 g/mol. The Morgan fingerprint density at radius 1 is 1.35 bits per heavy atom.